The zero-order valence-corrected chi connectivity index (χ0v) is 8.55. The van der Waals surface area contributed by atoms with Crippen LogP contribution in [-0.2, 0) is 10.2 Å². The molecule has 82 valence electrons. The fraction of sp³-hybridized carbons (Fsp3) is 0.364. The summed E-state index contributed by atoms with van der Waals surface area (Å²) in [5.41, 5.74) is -0.898. The first-order valence-corrected chi connectivity index (χ1v) is 4.60. The lowest BCUT2D eigenvalue weighted by atomic mass is 9.80. The Bertz CT molecular complexity index is 390. The molecule has 0 radical (unpaired) electrons. The first kappa shape index (κ1) is 11.6. The average Bonchev–Trinajstić information content (AvgIpc) is 2.20. The Morgan fingerprint density at radius 1 is 1.40 bits per heavy atom. The van der Waals surface area contributed by atoms with Gasteiger partial charge in [0.25, 0.3) is 0 Å². The number of carboxylic acids is 1. The van der Waals surface area contributed by atoms with Gasteiger partial charge >= 0.3 is 5.97 Å². The molecular weight excluding hydrogens is 202 g/mol. The molecule has 4 heteroatoms. The van der Waals surface area contributed by atoms with Gasteiger partial charge in [-0.3, -0.25) is 4.79 Å². The van der Waals surface area contributed by atoms with Crippen LogP contribution in [0.25, 0.3) is 0 Å². The van der Waals surface area contributed by atoms with E-state index < -0.39 is 23.0 Å². The molecule has 1 N–H and O–H groups in total. The van der Waals surface area contributed by atoms with Crippen molar-refractivity contribution >= 4 is 5.97 Å². The van der Waals surface area contributed by atoms with Gasteiger partial charge in [0.05, 0.1) is 5.41 Å². The van der Waals surface area contributed by atoms with Gasteiger partial charge in [0.15, 0.2) is 11.6 Å². The minimum atomic E-state index is -1.17. The highest BCUT2D eigenvalue weighted by Gasteiger charge is 2.33. The van der Waals surface area contributed by atoms with Crippen LogP contribution < -0.4 is 0 Å². The third kappa shape index (κ3) is 1.98. The Labute approximate surface area is 86.5 Å². The highest BCUT2D eigenvalue weighted by atomic mass is 19.2. The molecule has 0 fully saturated rings. The van der Waals surface area contributed by atoms with Crippen LogP contribution in [0, 0.1) is 11.6 Å². The molecule has 0 saturated carbocycles. The van der Waals surface area contributed by atoms with Crippen LogP contribution in [0.2, 0.25) is 0 Å². The smallest absolute Gasteiger partial charge is 0.313 e. The second-order valence-electron chi connectivity index (χ2n) is 3.62. The van der Waals surface area contributed by atoms with Gasteiger partial charge in [0.1, 0.15) is 0 Å². The molecule has 2 nitrogen and oxygen atoms in total. The van der Waals surface area contributed by atoms with Gasteiger partial charge in [-0.15, -0.1) is 0 Å². The summed E-state index contributed by atoms with van der Waals surface area (Å²) in [6.45, 7) is 3.18. The molecule has 0 amide bonds. The highest BCUT2D eigenvalue weighted by molar-refractivity contribution is 5.80. The maximum Gasteiger partial charge on any atom is 0.313 e. The third-order valence-electron chi connectivity index (χ3n) is 2.74. The van der Waals surface area contributed by atoms with Gasteiger partial charge in [0, 0.05) is 0 Å². The molecule has 0 aliphatic rings. The zero-order chi connectivity index (χ0) is 11.6. The summed E-state index contributed by atoms with van der Waals surface area (Å²) in [4.78, 5) is 11.0. The van der Waals surface area contributed by atoms with E-state index in [0.29, 0.717) is 6.42 Å². The Hall–Kier alpha value is -1.45. The lowest BCUT2D eigenvalue weighted by Gasteiger charge is -2.23. The Kier molecular flexibility index (Phi) is 3.07. The number of halogens is 2. The molecule has 0 spiro atoms. The molecule has 15 heavy (non-hydrogen) atoms. The van der Waals surface area contributed by atoms with E-state index in [4.69, 9.17) is 5.11 Å². The van der Waals surface area contributed by atoms with E-state index in [2.05, 4.69) is 0 Å². The first-order chi connectivity index (χ1) is 6.91. The third-order valence-corrected chi connectivity index (χ3v) is 2.74. The fourth-order valence-corrected chi connectivity index (χ4v) is 1.32. The second kappa shape index (κ2) is 3.96. The maximum absolute atomic E-state index is 12.9. The molecule has 1 rings (SSSR count). The van der Waals surface area contributed by atoms with Crippen molar-refractivity contribution in [3.05, 3.63) is 35.4 Å². The van der Waals surface area contributed by atoms with Crippen LogP contribution in [0.4, 0.5) is 8.78 Å². The summed E-state index contributed by atoms with van der Waals surface area (Å²) in [6, 6.07) is 3.19. The van der Waals surface area contributed by atoms with Crippen LogP contribution in [-0.4, -0.2) is 11.1 Å². The standard InChI is InChI=1S/C11H12F2O2/c1-3-11(2,10(14)15)7-4-5-8(12)9(13)6-7/h4-6H,3H2,1-2H3,(H,14,15). The molecule has 0 heterocycles. The van der Waals surface area contributed by atoms with Gasteiger partial charge in [-0.2, -0.15) is 0 Å². The number of benzene rings is 1. The van der Waals surface area contributed by atoms with Crippen molar-refractivity contribution in [2.75, 3.05) is 0 Å². The molecule has 0 saturated heterocycles. The molecule has 1 unspecified atom stereocenters. The van der Waals surface area contributed by atoms with E-state index in [1.165, 1.54) is 13.0 Å². The van der Waals surface area contributed by atoms with E-state index in [-0.39, 0.29) is 5.56 Å². The van der Waals surface area contributed by atoms with Crippen LogP contribution >= 0.6 is 0 Å². The normalized spacial score (nSPS) is 14.7. The second-order valence-corrected chi connectivity index (χ2v) is 3.62. The van der Waals surface area contributed by atoms with Crippen molar-refractivity contribution in [1.29, 1.82) is 0 Å². The summed E-state index contributed by atoms with van der Waals surface area (Å²) in [6.07, 6.45) is 0.313. The SMILES string of the molecule is CCC(C)(C(=O)O)c1ccc(F)c(F)c1. The van der Waals surface area contributed by atoms with Crippen molar-refractivity contribution < 1.29 is 18.7 Å². The van der Waals surface area contributed by atoms with Crippen LogP contribution in [0.3, 0.4) is 0 Å². The molecule has 0 aliphatic heterocycles. The lowest BCUT2D eigenvalue weighted by molar-refractivity contribution is -0.143. The lowest BCUT2D eigenvalue weighted by Crippen LogP contribution is -2.31. The topological polar surface area (TPSA) is 37.3 Å². The Morgan fingerprint density at radius 2 is 2.00 bits per heavy atom. The van der Waals surface area contributed by atoms with Crippen molar-refractivity contribution in [3.8, 4) is 0 Å². The molecule has 0 bridgehead atoms. The molecule has 1 atom stereocenters. The Balaban J connectivity index is 3.25. The summed E-state index contributed by atoms with van der Waals surface area (Å²) >= 11 is 0. The molecule has 0 aromatic heterocycles. The van der Waals surface area contributed by atoms with Crippen LogP contribution in [0.5, 0.6) is 0 Å². The number of rotatable bonds is 3. The van der Waals surface area contributed by atoms with Crippen molar-refractivity contribution in [1.82, 2.24) is 0 Å². The van der Waals surface area contributed by atoms with Gasteiger partial charge < -0.3 is 5.11 Å². The van der Waals surface area contributed by atoms with Gasteiger partial charge in [-0.25, -0.2) is 8.78 Å². The average molecular weight is 214 g/mol. The van der Waals surface area contributed by atoms with Gasteiger partial charge in [-0.1, -0.05) is 13.0 Å². The highest BCUT2D eigenvalue weighted by Crippen LogP contribution is 2.28. The molecule has 0 aliphatic carbocycles. The fourth-order valence-electron chi connectivity index (χ4n) is 1.32. The number of carbonyl (C=O) groups is 1. The minimum absolute atomic E-state index is 0.274. The van der Waals surface area contributed by atoms with E-state index in [1.807, 2.05) is 0 Å². The van der Waals surface area contributed by atoms with E-state index >= 15 is 0 Å². The first-order valence-electron chi connectivity index (χ1n) is 4.60. The summed E-state index contributed by atoms with van der Waals surface area (Å²) in [5, 5.41) is 9.03. The van der Waals surface area contributed by atoms with Crippen molar-refractivity contribution in [3.63, 3.8) is 0 Å². The number of hydrogen-bond donors (Lipinski definition) is 1. The number of hydrogen-bond acceptors (Lipinski definition) is 1. The maximum atomic E-state index is 12.9. The largest absolute Gasteiger partial charge is 0.481 e. The quantitative estimate of drug-likeness (QED) is 0.839. The van der Waals surface area contributed by atoms with Gasteiger partial charge in [0.2, 0.25) is 0 Å². The van der Waals surface area contributed by atoms with Crippen molar-refractivity contribution in [2.24, 2.45) is 0 Å². The predicted molar refractivity (Wildman–Crippen MR) is 51.6 cm³/mol. The van der Waals surface area contributed by atoms with Crippen LogP contribution in [0.15, 0.2) is 18.2 Å². The number of aliphatic carboxylic acids is 1. The summed E-state index contributed by atoms with van der Waals surface area (Å²) < 4.78 is 25.6. The molecule has 1 aromatic rings. The van der Waals surface area contributed by atoms with Crippen molar-refractivity contribution in [2.45, 2.75) is 25.7 Å². The summed E-state index contributed by atoms with van der Waals surface area (Å²) in [7, 11) is 0. The number of carboxylic acid groups (broad SMARTS) is 1. The van der Waals surface area contributed by atoms with E-state index in [0.717, 1.165) is 12.1 Å². The zero-order valence-electron chi connectivity index (χ0n) is 8.55. The molecular formula is C11H12F2O2. The summed E-state index contributed by atoms with van der Waals surface area (Å²) in [5.74, 6) is -3.04. The molecule has 1 aromatic carbocycles. The van der Waals surface area contributed by atoms with Gasteiger partial charge in [-0.05, 0) is 31.0 Å². The Morgan fingerprint density at radius 3 is 2.40 bits per heavy atom. The minimum Gasteiger partial charge on any atom is -0.481 e. The van der Waals surface area contributed by atoms with E-state index in [9.17, 15) is 13.6 Å². The predicted octanol–water partition coefficient (Wildman–Crippen LogP) is 2.72. The van der Waals surface area contributed by atoms with E-state index in [1.54, 1.807) is 6.92 Å². The monoisotopic (exact) mass is 214 g/mol. The van der Waals surface area contributed by atoms with Crippen LogP contribution in [0.1, 0.15) is 25.8 Å².